The number of carboxylic acids is 2. The van der Waals surface area contributed by atoms with E-state index >= 15 is 0 Å². The normalized spacial score (nSPS) is 13.8. The molecule has 1 aliphatic rings. The predicted molar refractivity (Wildman–Crippen MR) is 108 cm³/mol. The molecule has 0 atom stereocenters. The molecular formula is C20H20BrFN2O5. The summed E-state index contributed by atoms with van der Waals surface area (Å²) in [6.07, 6.45) is 1.71. The van der Waals surface area contributed by atoms with Gasteiger partial charge in [-0.15, -0.1) is 0 Å². The number of carbonyl (C=O) groups excluding carboxylic acids is 1. The van der Waals surface area contributed by atoms with Gasteiger partial charge in [-0.1, -0.05) is 28.1 Å². The molecular weight excluding hydrogens is 447 g/mol. The molecule has 1 heterocycles. The molecule has 2 aromatic rings. The lowest BCUT2D eigenvalue weighted by Gasteiger charge is -2.33. The van der Waals surface area contributed by atoms with Gasteiger partial charge in [0.15, 0.2) is 0 Å². The van der Waals surface area contributed by atoms with Crippen LogP contribution in [-0.2, 0) is 9.59 Å². The van der Waals surface area contributed by atoms with Gasteiger partial charge in [0.1, 0.15) is 5.82 Å². The van der Waals surface area contributed by atoms with Crippen LogP contribution < -0.4 is 5.32 Å². The van der Waals surface area contributed by atoms with Crippen molar-refractivity contribution >= 4 is 39.5 Å². The van der Waals surface area contributed by atoms with Crippen molar-refractivity contribution in [1.29, 1.82) is 0 Å². The van der Waals surface area contributed by atoms with E-state index in [0.29, 0.717) is 19.1 Å². The van der Waals surface area contributed by atoms with E-state index < -0.39 is 17.8 Å². The Kier molecular flexibility index (Phi) is 8.14. The third-order valence-corrected chi connectivity index (χ3v) is 4.81. The average Bonchev–Trinajstić information content (AvgIpc) is 2.70. The summed E-state index contributed by atoms with van der Waals surface area (Å²) < 4.78 is 14.8. The molecule has 0 aromatic heterocycles. The first-order chi connectivity index (χ1) is 13.8. The van der Waals surface area contributed by atoms with E-state index in [1.54, 1.807) is 23.1 Å². The first kappa shape index (κ1) is 22.4. The lowest BCUT2D eigenvalue weighted by molar-refractivity contribution is -0.159. The molecule has 0 spiro atoms. The zero-order valence-electron chi connectivity index (χ0n) is 15.3. The highest BCUT2D eigenvalue weighted by Gasteiger charge is 2.25. The molecule has 7 nitrogen and oxygen atoms in total. The molecule has 3 N–H and O–H groups in total. The number of hydrogen-bond acceptors (Lipinski definition) is 4. The van der Waals surface area contributed by atoms with Gasteiger partial charge in [-0.05, 0) is 49.2 Å². The number of carboxylic acid groups (broad SMARTS) is 2. The Balaban J connectivity index is 0.000000438. The summed E-state index contributed by atoms with van der Waals surface area (Å²) in [6, 6.07) is 14.6. The maximum Gasteiger partial charge on any atom is 0.414 e. The van der Waals surface area contributed by atoms with Crippen molar-refractivity contribution in [1.82, 2.24) is 4.90 Å². The lowest BCUT2D eigenvalue weighted by atomic mass is 10.0. The summed E-state index contributed by atoms with van der Waals surface area (Å²) in [5.41, 5.74) is 1.24. The summed E-state index contributed by atoms with van der Waals surface area (Å²) in [7, 11) is 0. The first-order valence-electron chi connectivity index (χ1n) is 8.80. The molecule has 1 saturated heterocycles. The molecule has 0 radical (unpaired) electrons. The van der Waals surface area contributed by atoms with Crippen molar-refractivity contribution in [2.45, 2.75) is 18.9 Å². The maximum atomic E-state index is 13.7. The quantitative estimate of drug-likeness (QED) is 0.597. The zero-order chi connectivity index (χ0) is 21.4. The Hall–Kier alpha value is -2.94. The number of aliphatic carboxylic acids is 2. The molecule has 1 fully saturated rings. The topological polar surface area (TPSA) is 107 Å². The van der Waals surface area contributed by atoms with E-state index in [4.69, 9.17) is 19.8 Å². The van der Waals surface area contributed by atoms with Crippen molar-refractivity contribution in [3.63, 3.8) is 0 Å². The molecule has 3 rings (SSSR count). The Bertz CT molecular complexity index is 855. The minimum Gasteiger partial charge on any atom is -0.473 e. The van der Waals surface area contributed by atoms with Crippen LogP contribution in [0.5, 0.6) is 0 Å². The summed E-state index contributed by atoms with van der Waals surface area (Å²) >= 11 is 3.42. The fourth-order valence-electron chi connectivity index (χ4n) is 2.81. The molecule has 0 unspecified atom stereocenters. The van der Waals surface area contributed by atoms with Gasteiger partial charge in [0.05, 0.1) is 5.56 Å². The van der Waals surface area contributed by atoms with Crippen molar-refractivity contribution < 1.29 is 29.0 Å². The Labute approximate surface area is 175 Å². The molecule has 9 heteroatoms. The van der Waals surface area contributed by atoms with Crippen LogP contribution in [0.3, 0.4) is 0 Å². The predicted octanol–water partition coefficient (Wildman–Crippen LogP) is 3.46. The van der Waals surface area contributed by atoms with Crippen LogP contribution in [0, 0.1) is 5.82 Å². The first-order valence-corrected chi connectivity index (χ1v) is 9.59. The molecule has 29 heavy (non-hydrogen) atoms. The number of benzene rings is 2. The van der Waals surface area contributed by atoms with Crippen molar-refractivity contribution in [3.8, 4) is 0 Å². The van der Waals surface area contributed by atoms with Gasteiger partial charge in [-0.3, -0.25) is 4.79 Å². The minimum atomic E-state index is -1.82. The summed E-state index contributed by atoms with van der Waals surface area (Å²) in [6.45, 7) is 1.28. The maximum absolute atomic E-state index is 13.7. The van der Waals surface area contributed by atoms with Crippen LogP contribution in [0.4, 0.5) is 10.1 Å². The second-order valence-corrected chi connectivity index (χ2v) is 7.22. The molecule has 2 aromatic carbocycles. The van der Waals surface area contributed by atoms with Gasteiger partial charge in [-0.25, -0.2) is 14.0 Å². The Morgan fingerprint density at radius 3 is 2.03 bits per heavy atom. The Morgan fingerprint density at radius 2 is 1.52 bits per heavy atom. The van der Waals surface area contributed by atoms with Crippen LogP contribution in [0.25, 0.3) is 0 Å². The van der Waals surface area contributed by atoms with Crippen LogP contribution in [0.1, 0.15) is 23.2 Å². The number of halogens is 2. The standard InChI is InChI=1S/C18H18BrFN2O.C2H2O4/c19-13-5-7-14(8-6-13)21-15-9-11-22(12-10-15)18(23)16-3-1-2-4-17(16)20;3-1(4)2(5)6/h1-8,15,21H,9-12H2;(H,3,4)(H,5,6). The van der Waals surface area contributed by atoms with Crippen LogP contribution in [0.2, 0.25) is 0 Å². The van der Waals surface area contributed by atoms with Crippen molar-refractivity contribution in [2.24, 2.45) is 0 Å². The fourth-order valence-corrected chi connectivity index (χ4v) is 3.08. The van der Waals surface area contributed by atoms with Gasteiger partial charge < -0.3 is 20.4 Å². The summed E-state index contributed by atoms with van der Waals surface area (Å²) in [4.78, 5) is 32.3. The van der Waals surface area contributed by atoms with Gasteiger partial charge in [0.2, 0.25) is 0 Å². The van der Waals surface area contributed by atoms with E-state index in [1.165, 1.54) is 6.07 Å². The molecule has 1 aliphatic heterocycles. The minimum absolute atomic E-state index is 0.159. The second kappa shape index (κ2) is 10.6. The summed E-state index contributed by atoms with van der Waals surface area (Å²) in [5.74, 6) is -4.32. The molecule has 0 bridgehead atoms. The molecule has 0 saturated carbocycles. The van der Waals surface area contributed by atoms with E-state index in [0.717, 1.165) is 23.0 Å². The van der Waals surface area contributed by atoms with Gasteiger partial charge in [0.25, 0.3) is 5.91 Å². The smallest absolute Gasteiger partial charge is 0.414 e. The van der Waals surface area contributed by atoms with E-state index in [2.05, 4.69) is 21.2 Å². The zero-order valence-corrected chi connectivity index (χ0v) is 16.9. The van der Waals surface area contributed by atoms with Gasteiger partial charge >= 0.3 is 11.9 Å². The van der Waals surface area contributed by atoms with Gasteiger partial charge in [-0.2, -0.15) is 0 Å². The second-order valence-electron chi connectivity index (χ2n) is 6.31. The number of hydrogen-bond donors (Lipinski definition) is 3. The third kappa shape index (κ3) is 6.86. The lowest BCUT2D eigenvalue weighted by Crippen LogP contribution is -2.42. The van der Waals surface area contributed by atoms with E-state index in [9.17, 15) is 9.18 Å². The highest BCUT2D eigenvalue weighted by Crippen LogP contribution is 2.20. The SMILES string of the molecule is O=C(O)C(=O)O.O=C(c1ccccc1F)N1CCC(Nc2ccc(Br)cc2)CC1. The number of amides is 1. The fraction of sp³-hybridized carbons (Fsp3) is 0.250. The number of rotatable bonds is 3. The number of carbonyl (C=O) groups is 3. The highest BCUT2D eigenvalue weighted by atomic mass is 79.9. The average molecular weight is 467 g/mol. The van der Waals surface area contributed by atoms with Crippen molar-refractivity contribution in [3.05, 3.63) is 64.4 Å². The molecule has 0 aliphatic carbocycles. The van der Waals surface area contributed by atoms with Crippen LogP contribution in [-0.4, -0.2) is 52.1 Å². The van der Waals surface area contributed by atoms with E-state index in [-0.39, 0.29) is 11.5 Å². The number of nitrogens with zero attached hydrogens (tertiary/aromatic N) is 1. The monoisotopic (exact) mass is 466 g/mol. The number of anilines is 1. The third-order valence-electron chi connectivity index (χ3n) is 4.28. The Morgan fingerprint density at radius 1 is 0.966 bits per heavy atom. The van der Waals surface area contributed by atoms with Crippen LogP contribution in [0.15, 0.2) is 53.0 Å². The van der Waals surface area contributed by atoms with E-state index in [1.807, 2.05) is 24.3 Å². The largest absolute Gasteiger partial charge is 0.473 e. The summed E-state index contributed by atoms with van der Waals surface area (Å²) in [5, 5.41) is 18.3. The van der Waals surface area contributed by atoms with Crippen molar-refractivity contribution in [2.75, 3.05) is 18.4 Å². The molecule has 1 amide bonds. The highest BCUT2D eigenvalue weighted by molar-refractivity contribution is 9.10. The number of nitrogens with one attached hydrogen (secondary N) is 1. The number of piperidine rings is 1. The van der Waals surface area contributed by atoms with Gasteiger partial charge in [0, 0.05) is 29.3 Å². The molecule has 154 valence electrons. The number of likely N-dealkylation sites (tertiary alicyclic amines) is 1. The van der Waals surface area contributed by atoms with Crippen LogP contribution >= 0.6 is 15.9 Å².